The van der Waals surface area contributed by atoms with Gasteiger partial charge in [0.15, 0.2) is 0 Å². The Hall–Kier alpha value is -1.42. The molecule has 1 aliphatic rings. The number of rotatable bonds is 4. The van der Waals surface area contributed by atoms with E-state index in [9.17, 15) is 4.79 Å². The van der Waals surface area contributed by atoms with Gasteiger partial charge in [-0.1, -0.05) is 0 Å². The van der Waals surface area contributed by atoms with Gasteiger partial charge in [0, 0.05) is 12.1 Å². The van der Waals surface area contributed by atoms with Gasteiger partial charge in [0.2, 0.25) is 5.91 Å². The highest BCUT2D eigenvalue weighted by molar-refractivity contribution is 7.14. The number of nitrogens with two attached hydrogens (primary N) is 1. The van der Waals surface area contributed by atoms with Gasteiger partial charge in [0.05, 0.1) is 12.1 Å². The normalized spacial score (nSPS) is 22.5. The van der Waals surface area contributed by atoms with Crippen LogP contribution >= 0.6 is 11.3 Å². The molecule has 1 amide bonds. The smallest absolute Gasteiger partial charge is 0.239 e. The molecule has 1 saturated carbocycles. The molecule has 108 valence electrons. The maximum absolute atomic E-state index is 12.0. The lowest BCUT2D eigenvalue weighted by molar-refractivity contribution is -0.117. The van der Waals surface area contributed by atoms with Gasteiger partial charge >= 0.3 is 0 Å². The molecule has 1 heterocycles. The Morgan fingerprint density at radius 2 is 2.25 bits per heavy atom. The van der Waals surface area contributed by atoms with E-state index in [0.29, 0.717) is 29.2 Å². The molecular formula is C14H20N4OS. The Labute approximate surface area is 123 Å². The third-order valence-electron chi connectivity index (χ3n) is 3.80. The zero-order valence-electron chi connectivity index (χ0n) is 11.6. The number of nitriles is 1. The SMILES string of the molecule is CN(CC(=O)Nc1sccc1C#N)C1CCC(N)CC1. The van der Waals surface area contributed by atoms with E-state index in [1.807, 2.05) is 7.05 Å². The van der Waals surface area contributed by atoms with E-state index in [1.165, 1.54) is 11.3 Å². The summed E-state index contributed by atoms with van der Waals surface area (Å²) in [5, 5.41) is 14.2. The first kappa shape index (κ1) is 15.0. The molecule has 1 aromatic rings. The van der Waals surface area contributed by atoms with E-state index < -0.39 is 0 Å². The molecule has 1 aromatic heterocycles. The summed E-state index contributed by atoms with van der Waals surface area (Å²) in [6, 6.07) is 4.53. The van der Waals surface area contributed by atoms with Crippen LogP contribution in [0, 0.1) is 11.3 Å². The molecular weight excluding hydrogens is 272 g/mol. The van der Waals surface area contributed by atoms with E-state index in [4.69, 9.17) is 11.0 Å². The predicted molar refractivity (Wildman–Crippen MR) is 80.5 cm³/mol. The second kappa shape index (κ2) is 6.84. The van der Waals surface area contributed by atoms with Crippen molar-refractivity contribution in [2.75, 3.05) is 18.9 Å². The van der Waals surface area contributed by atoms with Crippen LogP contribution in [0.15, 0.2) is 11.4 Å². The summed E-state index contributed by atoms with van der Waals surface area (Å²) >= 11 is 1.38. The Bertz CT molecular complexity index is 500. The van der Waals surface area contributed by atoms with E-state index >= 15 is 0 Å². The minimum absolute atomic E-state index is 0.0682. The van der Waals surface area contributed by atoms with Crippen molar-refractivity contribution in [3.05, 3.63) is 17.0 Å². The van der Waals surface area contributed by atoms with Crippen molar-refractivity contribution in [3.63, 3.8) is 0 Å². The first-order chi connectivity index (χ1) is 9.60. The van der Waals surface area contributed by atoms with E-state index in [-0.39, 0.29) is 5.91 Å². The molecule has 0 unspecified atom stereocenters. The van der Waals surface area contributed by atoms with Crippen LogP contribution in [-0.2, 0) is 4.79 Å². The number of anilines is 1. The topological polar surface area (TPSA) is 82.2 Å². The highest BCUT2D eigenvalue weighted by atomic mass is 32.1. The second-order valence-electron chi connectivity index (χ2n) is 5.31. The number of thiophene rings is 1. The van der Waals surface area contributed by atoms with Crippen molar-refractivity contribution in [2.24, 2.45) is 5.73 Å². The zero-order chi connectivity index (χ0) is 14.5. The van der Waals surface area contributed by atoms with Crippen LogP contribution in [0.5, 0.6) is 0 Å². The standard InChI is InChI=1S/C14H20N4OS/c1-18(12-4-2-11(16)3-5-12)9-13(19)17-14-10(8-15)6-7-20-14/h6-7,11-12H,2-5,9,16H2,1H3,(H,17,19). The summed E-state index contributed by atoms with van der Waals surface area (Å²) in [5.41, 5.74) is 6.42. The van der Waals surface area contributed by atoms with Crippen molar-refractivity contribution in [2.45, 2.75) is 37.8 Å². The fraction of sp³-hybridized carbons (Fsp3) is 0.571. The van der Waals surface area contributed by atoms with Crippen LogP contribution in [0.1, 0.15) is 31.2 Å². The van der Waals surface area contributed by atoms with Gasteiger partial charge in [-0.15, -0.1) is 11.3 Å². The molecule has 0 saturated heterocycles. The average Bonchev–Trinajstić information content (AvgIpc) is 2.86. The highest BCUT2D eigenvalue weighted by Crippen LogP contribution is 2.23. The maximum Gasteiger partial charge on any atom is 0.239 e. The largest absolute Gasteiger partial charge is 0.328 e. The molecule has 3 N–H and O–H groups in total. The number of likely N-dealkylation sites (N-methyl/N-ethyl adjacent to an activating group) is 1. The number of carbonyl (C=O) groups is 1. The summed E-state index contributed by atoms with van der Waals surface area (Å²) in [6.45, 7) is 0.350. The van der Waals surface area contributed by atoms with Crippen molar-refractivity contribution >= 4 is 22.2 Å². The van der Waals surface area contributed by atoms with Gasteiger partial charge in [0.25, 0.3) is 0 Å². The fourth-order valence-corrected chi connectivity index (χ4v) is 3.31. The maximum atomic E-state index is 12.0. The first-order valence-electron chi connectivity index (χ1n) is 6.83. The van der Waals surface area contributed by atoms with E-state index in [0.717, 1.165) is 25.7 Å². The van der Waals surface area contributed by atoms with Gasteiger partial charge < -0.3 is 11.1 Å². The monoisotopic (exact) mass is 292 g/mol. The second-order valence-corrected chi connectivity index (χ2v) is 6.22. The van der Waals surface area contributed by atoms with E-state index in [2.05, 4.69) is 16.3 Å². The molecule has 0 aromatic carbocycles. The van der Waals surface area contributed by atoms with Gasteiger partial charge in [-0.3, -0.25) is 9.69 Å². The molecule has 5 nitrogen and oxygen atoms in total. The van der Waals surface area contributed by atoms with Crippen LogP contribution in [0.3, 0.4) is 0 Å². The van der Waals surface area contributed by atoms with E-state index in [1.54, 1.807) is 11.4 Å². The molecule has 0 aliphatic heterocycles. The average molecular weight is 292 g/mol. The van der Waals surface area contributed by atoms with Crippen molar-refractivity contribution in [1.82, 2.24) is 4.90 Å². The molecule has 0 spiro atoms. The Kier molecular flexibility index (Phi) is 5.12. The Morgan fingerprint density at radius 1 is 1.55 bits per heavy atom. The summed E-state index contributed by atoms with van der Waals surface area (Å²) < 4.78 is 0. The lowest BCUT2D eigenvalue weighted by Crippen LogP contribution is -2.42. The number of nitrogens with zero attached hydrogens (tertiary/aromatic N) is 2. The van der Waals surface area contributed by atoms with Crippen molar-refractivity contribution in [3.8, 4) is 6.07 Å². The fourth-order valence-electron chi connectivity index (χ4n) is 2.56. The Balaban J connectivity index is 1.84. The van der Waals surface area contributed by atoms with Gasteiger partial charge in [0.1, 0.15) is 11.1 Å². The predicted octanol–water partition coefficient (Wildman–Crippen LogP) is 1.76. The summed E-state index contributed by atoms with van der Waals surface area (Å²) in [6.07, 6.45) is 4.15. The third kappa shape index (κ3) is 3.79. The zero-order valence-corrected chi connectivity index (χ0v) is 12.4. The first-order valence-corrected chi connectivity index (χ1v) is 7.71. The van der Waals surface area contributed by atoms with Gasteiger partial charge in [-0.05, 0) is 44.2 Å². The number of nitrogens with one attached hydrogen (secondary N) is 1. The molecule has 0 bridgehead atoms. The quantitative estimate of drug-likeness (QED) is 0.886. The summed E-state index contributed by atoms with van der Waals surface area (Å²) in [5.74, 6) is -0.0682. The minimum Gasteiger partial charge on any atom is -0.328 e. The van der Waals surface area contributed by atoms with Crippen molar-refractivity contribution < 1.29 is 4.79 Å². The summed E-state index contributed by atoms with van der Waals surface area (Å²) in [4.78, 5) is 14.1. The molecule has 0 radical (unpaired) electrons. The van der Waals surface area contributed by atoms with Gasteiger partial charge in [-0.25, -0.2) is 0 Å². The molecule has 6 heteroatoms. The lowest BCUT2D eigenvalue weighted by atomic mass is 9.91. The number of hydrogen-bond acceptors (Lipinski definition) is 5. The summed E-state index contributed by atoms with van der Waals surface area (Å²) in [7, 11) is 1.97. The number of carbonyl (C=O) groups excluding carboxylic acids is 1. The molecule has 2 rings (SSSR count). The molecule has 20 heavy (non-hydrogen) atoms. The number of amides is 1. The van der Waals surface area contributed by atoms with Crippen LogP contribution in [-0.4, -0.2) is 36.5 Å². The molecule has 1 fully saturated rings. The number of hydrogen-bond donors (Lipinski definition) is 2. The minimum atomic E-state index is -0.0682. The van der Waals surface area contributed by atoms with Crippen molar-refractivity contribution in [1.29, 1.82) is 5.26 Å². The highest BCUT2D eigenvalue weighted by Gasteiger charge is 2.23. The van der Waals surface area contributed by atoms with Crippen LogP contribution in [0.4, 0.5) is 5.00 Å². The van der Waals surface area contributed by atoms with Crippen LogP contribution < -0.4 is 11.1 Å². The molecule has 1 aliphatic carbocycles. The molecule has 0 atom stereocenters. The van der Waals surface area contributed by atoms with Gasteiger partial charge in [-0.2, -0.15) is 5.26 Å². The lowest BCUT2D eigenvalue weighted by Gasteiger charge is -2.32. The Morgan fingerprint density at radius 3 is 2.90 bits per heavy atom. The van der Waals surface area contributed by atoms with Crippen LogP contribution in [0.2, 0.25) is 0 Å². The van der Waals surface area contributed by atoms with Crippen LogP contribution in [0.25, 0.3) is 0 Å². The third-order valence-corrected chi connectivity index (χ3v) is 4.63.